The molecule has 0 bridgehead atoms. The van der Waals surface area contributed by atoms with E-state index < -0.39 is 17.6 Å². The summed E-state index contributed by atoms with van der Waals surface area (Å²) in [6.07, 6.45) is -4.45. The topological polar surface area (TPSA) is 82.0 Å². The second kappa shape index (κ2) is 4.54. The number of benzene rings is 1. The average Bonchev–Trinajstić information content (AvgIpc) is 2.70. The largest absolute Gasteiger partial charge is 0.416 e. The van der Waals surface area contributed by atoms with Crippen LogP contribution in [0.4, 0.5) is 18.9 Å². The molecule has 0 aliphatic heterocycles. The highest BCUT2D eigenvalue weighted by Crippen LogP contribution is 2.35. The molecular weight excluding hydrogens is 279 g/mol. The molecule has 1 aromatic carbocycles. The van der Waals surface area contributed by atoms with Crippen LogP contribution in [0.5, 0.6) is 0 Å². The molecule has 1 amide bonds. The number of carbonyl (C=O) groups is 1. The van der Waals surface area contributed by atoms with Crippen molar-refractivity contribution in [3.63, 3.8) is 0 Å². The molecule has 0 unspecified atom stereocenters. The van der Waals surface area contributed by atoms with Crippen LogP contribution in [0.1, 0.15) is 15.2 Å². The van der Waals surface area contributed by atoms with Gasteiger partial charge in [-0.3, -0.25) is 4.79 Å². The summed E-state index contributed by atoms with van der Waals surface area (Å²) in [5.74, 6) is -0.756. The third kappa shape index (κ3) is 2.53. The van der Waals surface area contributed by atoms with Crippen LogP contribution >= 0.6 is 11.5 Å². The molecule has 1 aromatic heterocycles. The monoisotopic (exact) mass is 287 g/mol. The standard InChI is InChI=1S/C11H8F3N3OS/c12-11(13,14)6-3-1-2-5(4-6)8-7(15)9(10(16)18)19-17-8/h1-4H,15H2,(H2,16,18). The van der Waals surface area contributed by atoms with E-state index in [9.17, 15) is 18.0 Å². The molecule has 0 spiro atoms. The fraction of sp³-hybridized carbons (Fsp3) is 0.0909. The zero-order valence-corrected chi connectivity index (χ0v) is 10.2. The molecule has 0 aliphatic carbocycles. The van der Waals surface area contributed by atoms with E-state index >= 15 is 0 Å². The maximum atomic E-state index is 12.6. The third-order valence-corrected chi connectivity index (χ3v) is 3.29. The predicted molar refractivity (Wildman–Crippen MR) is 65.5 cm³/mol. The first kappa shape index (κ1) is 13.3. The van der Waals surface area contributed by atoms with Gasteiger partial charge in [0.05, 0.1) is 11.3 Å². The van der Waals surface area contributed by atoms with E-state index in [1.807, 2.05) is 0 Å². The van der Waals surface area contributed by atoms with E-state index in [0.29, 0.717) is 0 Å². The number of amides is 1. The number of anilines is 1. The van der Waals surface area contributed by atoms with E-state index in [2.05, 4.69) is 4.37 Å². The summed E-state index contributed by atoms with van der Waals surface area (Å²) in [4.78, 5) is 11.1. The summed E-state index contributed by atoms with van der Waals surface area (Å²) in [5, 5.41) is 0. The minimum atomic E-state index is -4.45. The van der Waals surface area contributed by atoms with Crippen molar-refractivity contribution in [2.45, 2.75) is 6.18 Å². The van der Waals surface area contributed by atoms with Crippen molar-refractivity contribution >= 4 is 23.1 Å². The van der Waals surface area contributed by atoms with Gasteiger partial charge in [0.2, 0.25) is 0 Å². The fourth-order valence-corrected chi connectivity index (χ4v) is 2.20. The van der Waals surface area contributed by atoms with Crippen LogP contribution in [0.25, 0.3) is 11.3 Å². The van der Waals surface area contributed by atoms with Gasteiger partial charge in [-0.1, -0.05) is 12.1 Å². The maximum Gasteiger partial charge on any atom is 0.416 e. The lowest BCUT2D eigenvalue weighted by molar-refractivity contribution is -0.137. The van der Waals surface area contributed by atoms with Crippen molar-refractivity contribution in [3.8, 4) is 11.3 Å². The van der Waals surface area contributed by atoms with Crippen LogP contribution in [-0.2, 0) is 6.18 Å². The van der Waals surface area contributed by atoms with Crippen molar-refractivity contribution < 1.29 is 18.0 Å². The van der Waals surface area contributed by atoms with E-state index in [4.69, 9.17) is 11.5 Å². The molecule has 2 rings (SSSR count). The van der Waals surface area contributed by atoms with E-state index in [-0.39, 0.29) is 21.8 Å². The number of nitrogens with zero attached hydrogens (tertiary/aromatic N) is 1. The highest BCUT2D eigenvalue weighted by atomic mass is 32.1. The second-order valence-electron chi connectivity index (χ2n) is 3.72. The Bertz CT molecular complexity index is 636. The molecule has 0 saturated carbocycles. The molecule has 4 N–H and O–H groups in total. The molecule has 4 nitrogen and oxygen atoms in total. The smallest absolute Gasteiger partial charge is 0.396 e. The number of carbonyl (C=O) groups excluding carboxylic acids is 1. The van der Waals surface area contributed by atoms with Gasteiger partial charge in [0.1, 0.15) is 10.6 Å². The Morgan fingerprint density at radius 3 is 2.53 bits per heavy atom. The van der Waals surface area contributed by atoms with Crippen LogP contribution < -0.4 is 11.5 Å². The zero-order chi connectivity index (χ0) is 14.2. The first-order valence-corrected chi connectivity index (χ1v) is 5.80. The van der Waals surface area contributed by atoms with Crippen LogP contribution in [-0.4, -0.2) is 10.3 Å². The highest BCUT2D eigenvalue weighted by molar-refractivity contribution is 7.09. The number of primary amides is 1. The SMILES string of the molecule is NC(=O)c1snc(-c2cccc(C(F)(F)F)c2)c1N. The molecule has 1 heterocycles. The van der Waals surface area contributed by atoms with Gasteiger partial charge in [-0.2, -0.15) is 17.5 Å². The Labute approximate surface area is 110 Å². The molecule has 0 atom stereocenters. The minimum absolute atomic E-state index is 0.00294. The first-order chi connectivity index (χ1) is 8.80. The summed E-state index contributed by atoms with van der Waals surface area (Å²) < 4.78 is 41.7. The van der Waals surface area contributed by atoms with Crippen molar-refractivity contribution in [2.24, 2.45) is 5.73 Å². The van der Waals surface area contributed by atoms with Gasteiger partial charge < -0.3 is 11.5 Å². The molecule has 0 saturated heterocycles. The zero-order valence-electron chi connectivity index (χ0n) is 9.36. The van der Waals surface area contributed by atoms with E-state index in [1.54, 1.807) is 0 Å². The van der Waals surface area contributed by atoms with Crippen molar-refractivity contribution in [1.29, 1.82) is 0 Å². The van der Waals surface area contributed by atoms with Gasteiger partial charge >= 0.3 is 6.18 Å². The lowest BCUT2D eigenvalue weighted by Gasteiger charge is -2.07. The van der Waals surface area contributed by atoms with E-state index in [0.717, 1.165) is 23.7 Å². The summed E-state index contributed by atoms with van der Waals surface area (Å²) in [6.45, 7) is 0. The Hall–Kier alpha value is -2.09. The number of hydrogen-bond acceptors (Lipinski definition) is 4. The van der Waals surface area contributed by atoms with Gasteiger partial charge in [-0.25, -0.2) is 0 Å². The number of halogens is 3. The molecule has 0 aliphatic rings. The highest BCUT2D eigenvalue weighted by Gasteiger charge is 2.31. The molecule has 0 radical (unpaired) electrons. The van der Waals surface area contributed by atoms with Gasteiger partial charge in [0.15, 0.2) is 0 Å². The average molecular weight is 287 g/mol. The normalized spacial score (nSPS) is 11.5. The number of nitrogens with two attached hydrogens (primary N) is 2. The van der Waals surface area contributed by atoms with Crippen molar-refractivity contribution in [3.05, 3.63) is 34.7 Å². The van der Waals surface area contributed by atoms with E-state index in [1.165, 1.54) is 12.1 Å². The Morgan fingerprint density at radius 1 is 1.32 bits per heavy atom. The number of hydrogen-bond donors (Lipinski definition) is 2. The molecule has 2 aromatic rings. The third-order valence-electron chi connectivity index (χ3n) is 2.42. The second-order valence-corrected chi connectivity index (χ2v) is 4.49. The summed E-state index contributed by atoms with van der Waals surface area (Å²) >= 11 is 0.762. The lowest BCUT2D eigenvalue weighted by Crippen LogP contribution is -2.11. The molecule has 0 fully saturated rings. The number of alkyl halides is 3. The predicted octanol–water partition coefficient (Wildman–Crippen LogP) is 2.51. The van der Waals surface area contributed by atoms with Crippen molar-refractivity contribution in [1.82, 2.24) is 4.37 Å². The molecule has 19 heavy (non-hydrogen) atoms. The van der Waals surface area contributed by atoms with Crippen LogP contribution in [0.3, 0.4) is 0 Å². The maximum absolute atomic E-state index is 12.6. The van der Waals surface area contributed by atoms with Crippen LogP contribution in [0, 0.1) is 0 Å². The Kier molecular flexibility index (Phi) is 3.19. The van der Waals surface area contributed by atoms with Gasteiger partial charge in [-0.15, -0.1) is 0 Å². The molecule has 8 heteroatoms. The fourth-order valence-electron chi connectivity index (χ4n) is 1.53. The van der Waals surface area contributed by atoms with Gasteiger partial charge in [0, 0.05) is 5.56 Å². The summed E-state index contributed by atoms with van der Waals surface area (Å²) in [6, 6.07) is 4.56. The molecule has 100 valence electrons. The number of nitrogen functional groups attached to an aromatic ring is 1. The number of aromatic nitrogens is 1. The van der Waals surface area contributed by atoms with Crippen LogP contribution in [0.2, 0.25) is 0 Å². The van der Waals surface area contributed by atoms with Crippen LogP contribution in [0.15, 0.2) is 24.3 Å². The Morgan fingerprint density at radius 2 is 2.00 bits per heavy atom. The van der Waals surface area contributed by atoms with Crippen molar-refractivity contribution in [2.75, 3.05) is 5.73 Å². The summed E-state index contributed by atoms with van der Waals surface area (Å²) in [5.41, 5.74) is 10.2. The number of rotatable bonds is 2. The minimum Gasteiger partial charge on any atom is -0.396 e. The Balaban J connectivity index is 2.51. The molecular formula is C11H8F3N3OS. The summed E-state index contributed by atoms with van der Waals surface area (Å²) in [7, 11) is 0. The van der Waals surface area contributed by atoms with Gasteiger partial charge in [0.25, 0.3) is 5.91 Å². The lowest BCUT2D eigenvalue weighted by atomic mass is 10.1. The van der Waals surface area contributed by atoms with Gasteiger partial charge in [-0.05, 0) is 23.7 Å². The quantitative estimate of drug-likeness (QED) is 0.890. The first-order valence-electron chi connectivity index (χ1n) is 5.03.